The molecule has 2 aromatic heterocycles. The lowest BCUT2D eigenvalue weighted by atomic mass is 9.90. The third-order valence-electron chi connectivity index (χ3n) is 6.05. The molecule has 2 aromatic rings. The lowest BCUT2D eigenvalue weighted by molar-refractivity contribution is -0.136. The minimum Gasteiger partial charge on any atom is -0.469 e. The van der Waals surface area contributed by atoms with Crippen LogP contribution >= 0.6 is 0 Å². The van der Waals surface area contributed by atoms with Gasteiger partial charge in [-0.3, -0.25) is 14.6 Å². The van der Waals surface area contributed by atoms with Crippen LogP contribution in [0.25, 0.3) is 0 Å². The van der Waals surface area contributed by atoms with Gasteiger partial charge in [-0.05, 0) is 62.3 Å². The molecule has 2 aliphatic rings. The lowest BCUT2D eigenvalue weighted by Crippen LogP contribution is -2.40. The highest BCUT2D eigenvalue weighted by molar-refractivity contribution is 5.95. The number of carbonyl (C=O) groups excluding carboxylic acids is 2. The molecule has 152 valence electrons. The van der Waals surface area contributed by atoms with Crippen LogP contribution in [0.2, 0.25) is 0 Å². The zero-order valence-corrected chi connectivity index (χ0v) is 17.0. The molecule has 29 heavy (non-hydrogen) atoms. The van der Waals surface area contributed by atoms with Gasteiger partial charge in [0.2, 0.25) is 5.91 Å². The minimum atomic E-state index is -0.147. The number of fused-ring (bicyclic) bond motifs is 1. The van der Waals surface area contributed by atoms with Crippen LogP contribution < -0.4 is 5.32 Å². The van der Waals surface area contributed by atoms with Gasteiger partial charge >= 0.3 is 0 Å². The molecule has 1 aliphatic heterocycles. The Hall–Kier alpha value is -2.89. The molecule has 0 aromatic carbocycles. The zero-order valence-electron chi connectivity index (χ0n) is 17.0. The molecule has 2 amide bonds. The van der Waals surface area contributed by atoms with Gasteiger partial charge < -0.3 is 14.6 Å². The number of aryl methyl sites for hydroxylation is 2. The molecule has 1 atom stereocenters. The SMILES string of the molecule is Cc1ncc2c(c1CNC(=O)c1ccoc1C)CCN(C(=O)C1CC=CCC1)C2. The third kappa shape index (κ3) is 3.97. The van der Waals surface area contributed by atoms with Crippen LogP contribution in [-0.4, -0.2) is 28.2 Å². The van der Waals surface area contributed by atoms with Crippen LogP contribution in [-0.2, 0) is 24.3 Å². The summed E-state index contributed by atoms with van der Waals surface area (Å²) in [7, 11) is 0. The molecule has 1 unspecified atom stereocenters. The number of nitrogens with one attached hydrogen (secondary N) is 1. The summed E-state index contributed by atoms with van der Waals surface area (Å²) >= 11 is 0. The molecule has 4 rings (SSSR count). The number of carbonyl (C=O) groups is 2. The zero-order chi connectivity index (χ0) is 20.4. The normalized spacial score (nSPS) is 18.4. The summed E-state index contributed by atoms with van der Waals surface area (Å²) in [6.45, 7) is 5.49. The minimum absolute atomic E-state index is 0.108. The van der Waals surface area contributed by atoms with Crippen LogP contribution in [0.5, 0.6) is 0 Å². The molecule has 0 fully saturated rings. The highest BCUT2D eigenvalue weighted by Gasteiger charge is 2.28. The Morgan fingerprint density at radius 2 is 2.17 bits per heavy atom. The fourth-order valence-corrected chi connectivity index (χ4v) is 4.31. The molecule has 0 saturated carbocycles. The number of hydrogen-bond acceptors (Lipinski definition) is 4. The molecule has 1 N–H and O–H groups in total. The number of pyridine rings is 1. The van der Waals surface area contributed by atoms with Gasteiger partial charge in [0, 0.05) is 37.4 Å². The number of hydrogen-bond donors (Lipinski definition) is 1. The largest absolute Gasteiger partial charge is 0.469 e. The molecule has 6 nitrogen and oxygen atoms in total. The molecule has 0 saturated heterocycles. The van der Waals surface area contributed by atoms with Crippen molar-refractivity contribution < 1.29 is 14.0 Å². The van der Waals surface area contributed by atoms with Crippen molar-refractivity contribution in [1.29, 1.82) is 0 Å². The van der Waals surface area contributed by atoms with Crippen LogP contribution in [0, 0.1) is 19.8 Å². The van der Waals surface area contributed by atoms with E-state index in [0.29, 0.717) is 24.4 Å². The average Bonchev–Trinajstić information content (AvgIpc) is 3.18. The number of allylic oxidation sites excluding steroid dienone is 2. The second kappa shape index (κ2) is 8.23. The van der Waals surface area contributed by atoms with Gasteiger partial charge in [0.05, 0.1) is 11.8 Å². The van der Waals surface area contributed by atoms with Gasteiger partial charge in [-0.25, -0.2) is 0 Å². The molecule has 0 radical (unpaired) electrons. The van der Waals surface area contributed by atoms with Crippen LogP contribution in [0.15, 0.2) is 35.1 Å². The van der Waals surface area contributed by atoms with Crippen molar-refractivity contribution in [3.05, 3.63) is 64.4 Å². The second-order valence-electron chi connectivity index (χ2n) is 7.89. The van der Waals surface area contributed by atoms with Crippen LogP contribution in [0.1, 0.15) is 57.8 Å². The summed E-state index contributed by atoms with van der Waals surface area (Å²) in [6, 6.07) is 1.68. The number of aromatic nitrogens is 1. The summed E-state index contributed by atoms with van der Waals surface area (Å²) < 4.78 is 5.22. The Kier molecular flexibility index (Phi) is 5.51. The van der Waals surface area contributed by atoms with Crippen LogP contribution in [0.4, 0.5) is 0 Å². The maximum Gasteiger partial charge on any atom is 0.255 e. The van der Waals surface area contributed by atoms with E-state index in [-0.39, 0.29) is 17.7 Å². The first-order valence-electron chi connectivity index (χ1n) is 10.3. The Morgan fingerprint density at radius 3 is 2.90 bits per heavy atom. The van der Waals surface area contributed by atoms with Crippen molar-refractivity contribution in [2.75, 3.05) is 6.54 Å². The Labute approximate surface area is 171 Å². The van der Waals surface area contributed by atoms with E-state index < -0.39 is 0 Å². The van der Waals surface area contributed by atoms with E-state index in [4.69, 9.17) is 4.42 Å². The predicted octanol–water partition coefficient (Wildman–Crippen LogP) is 3.46. The fourth-order valence-electron chi connectivity index (χ4n) is 4.31. The van der Waals surface area contributed by atoms with Crippen molar-refractivity contribution in [2.24, 2.45) is 5.92 Å². The van der Waals surface area contributed by atoms with E-state index in [9.17, 15) is 9.59 Å². The monoisotopic (exact) mass is 393 g/mol. The summed E-state index contributed by atoms with van der Waals surface area (Å²) in [6.07, 6.45) is 11.3. The predicted molar refractivity (Wildman–Crippen MR) is 109 cm³/mol. The first-order chi connectivity index (χ1) is 14.0. The Bertz CT molecular complexity index is 960. The summed E-state index contributed by atoms with van der Waals surface area (Å²) in [5.41, 5.74) is 4.84. The number of rotatable bonds is 4. The number of furan rings is 1. The van der Waals surface area contributed by atoms with Crippen molar-refractivity contribution in [2.45, 2.75) is 52.6 Å². The van der Waals surface area contributed by atoms with Crippen molar-refractivity contribution in [1.82, 2.24) is 15.2 Å². The molecule has 0 bridgehead atoms. The van der Waals surface area contributed by atoms with E-state index in [2.05, 4.69) is 22.5 Å². The summed E-state index contributed by atoms with van der Waals surface area (Å²) in [5.74, 6) is 0.827. The highest BCUT2D eigenvalue weighted by Crippen LogP contribution is 2.27. The third-order valence-corrected chi connectivity index (χ3v) is 6.05. The van der Waals surface area contributed by atoms with Gasteiger partial charge in [0.25, 0.3) is 5.91 Å². The summed E-state index contributed by atoms with van der Waals surface area (Å²) in [4.78, 5) is 31.9. The van der Waals surface area contributed by atoms with Gasteiger partial charge in [-0.15, -0.1) is 0 Å². The smallest absolute Gasteiger partial charge is 0.255 e. The van der Waals surface area contributed by atoms with Gasteiger partial charge in [-0.1, -0.05) is 12.2 Å². The Balaban J connectivity index is 1.47. The van der Waals surface area contributed by atoms with Gasteiger partial charge in [0.1, 0.15) is 5.76 Å². The van der Waals surface area contributed by atoms with E-state index in [1.54, 1.807) is 13.0 Å². The van der Waals surface area contributed by atoms with Crippen molar-refractivity contribution in [3.63, 3.8) is 0 Å². The highest BCUT2D eigenvalue weighted by atomic mass is 16.3. The van der Waals surface area contributed by atoms with E-state index in [1.165, 1.54) is 11.8 Å². The molecule has 6 heteroatoms. The fraction of sp³-hybridized carbons (Fsp3) is 0.435. The topological polar surface area (TPSA) is 75.4 Å². The number of amides is 2. The molecule has 1 aliphatic carbocycles. The number of nitrogens with zero attached hydrogens (tertiary/aromatic N) is 2. The van der Waals surface area contributed by atoms with E-state index in [0.717, 1.165) is 49.0 Å². The maximum absolute atomic E-state index is 12.9. The van der Waals surface area contributed by atoms with Gasteiger partial charge in [0.15, 0.2) is 0 Å². The molecule has 3 heterocycles. The molecule has 0 spiro atoms. The van der Waals surface area contributed by atoms with Crippen LogP contribution in [0.3, 0.4) is 0 Å². The van der Waals surface area contributed by atoms with Crippen molar-refractivity contribution >= 4 is 11.8 Å². The quantitative estimate of drug-likeness (QED) is 0.807. The Morgan fingerprint density at radius 1 is 1.31 bits per heavy atom. The van der Waals surface area contributed by atoms with Gasteiger partial charge in [-0.2, -0.15) is 0 Å². The summed E-state index contributed by atoms with van der Waals surface area (Å²) in [5, 5.41) is 2.99. The first kappa shape index (κ1) is 19.4. The van der Waals surface area contributed by atoms with E-state index >= 15 is 0 Å². The molecular formula is C23H27N3O3. The molecular weight excluding hydrogens is 366 g/mol. The lowest BCUT2D eigenvalue weighted by Gasteiger charge is -2.33. The van der Waals surface area contributed by atoms with Crippen molar-refractivity contribution in [3.8, 4) is 0 Å². The van der Waals surface area contributed by atoms with E-state index in [1.807, 2.05) is 18.0 Å². The maximum atomic E-state index is 12.9. The average molecular weight is 393 g/mol. The standard InChI is InChI=1S/C23H27N3O3/c1-15-21(13-25-22(27)19-9-11-29-16(19)2)20-8-10-26(14-18(20)12-24-15)23(28)17-6-4-3-5-7-17/h3-4,9,11-12,17H,5-8,10,13-14H2,1-2H3,(H,25,27). The first-order valence-corrected chi connectivity index (χ1v) is 10.3. The second-order valence-corrected chi connectivity index (χ2v) is 7.89.